The summed E-state index contributed by atoms with van der Waals surface area (Å²) in [4.78, 5) is 27.1. The molecule has 0 fully saturated rings. The van der Waals surface area contributed by atoms with Crippen molar-refractivity contribution in [2.75, 3.05) is 12.0 Å². The first-order valence-corrected chi connectivity index (χ1v) is 8.49. The van der Waals surface area contributed by atoms with Gasteiger partial charge in [-0.1, -0.05) is 6.92 Å². The molecule has 0 amide bonds. The number of hydrogen-bond donors (Lipinski definition) is 1. The number of hydrogen-bond acceptors (Lipinski definition) is 4. The zero-order chi connectivity index (χ0) is 16.3. The maximum absolute atomic E-state index is 12.1. The summed E-state index contributed by atoms with van der Waals surface area (Å²) in [6, 6.07) is -0.240. The summed E-state index contributed by atoms with van der Waals surface area (Å²) >= 11 is 0. The van der Waals surface area contributed by atoms with Crippen LogP contribution in [0.3, 0.4) is 0 Å². The summed E-state index contributed by atoms with van der Waals surface area (Å²) in [7, 11) is -1.02. The van der Waals surface area contributed by atoms with Gasteiger partial charge in [0, 0.05) is 40.2 Å². The van der Waals surface area contributed by atoms with Crippen molar-refractivity contribution >= 4 is 16.8 Å². The molecule has 1 aromatic rings. The number of aryl methyl sites for hydroxylation is 1. The number of carboxylic acid groups (broad SMARTS) is 1. The third kappa shape index (κ3) is 4.23. The Bertz CT molecular complexity index is 624. The second kappa shape index (κ2) is 6.98. The predicted molar refractivity (Wildman–Crippen MR) is 82.1 cm³/mol. The summed E-state index contributed by atoms with van der Waals surface area (Å²) in [5.74, 6) is -1.07. The first-order valence-electron chi connectivity index (χ1n) is 6.76. The number of aromatic nitrogens is 2. The van der Waals surface area contributed by atoms with Crippen molar-refractivity contribution in [1.29, 1.82) is 0 Å². The van der Waals surface area contributed by atoms with Gasteiger partial charge in [-0.05, 0) is 32.8 Å². The molecule has 0 aliphatic rings. The molecule has 0 saturated heterocycles. The first kappa shape index (κ1) is 17.6. The van der Waals surface area contributed by atoms with E-state index in [4.69, 9.17) is 5.11 Å². The quantitative estimate of drug-likeness (QED) is 0.848. The predicted octanol–water partition coefficient (Wildman–Crippen LogP) is 1.06. The minimum atomic E-state index is -1.02. The highest BCUT2D eigenvalue weighted by molar-refractivity contribution is 7.84. The number of rotatable bonds is 6. The van der Waals surface area contributed by atoms with E-state index in [1.165, 1.54) is 4.57 Å². The van der Waals surface area contributed by atoms with Gasteiger partial charge in [-0.2, -0.15) is 4.98 Å². The van der Waals surface area contributed by atoms with Crippen LogP contribution in [0.25, 0.3) is 0 Å². The SMILES string of the molecule is Cc1nc(=O)n(C(C)CS(C)=O)c(C)c1CC(C)C(=O)O. The zero-order valence-corrected chi connectivity index (χ0v) is 13.9. The largest absolute Gasteiger partial charge is 0.481 e. The number of nitrogens with zero attached hydrogens (tertiary/aromatic N) is 2. The number of carbonyl (C=O) groups is 1. The molecule has 0 saturated carbocycles. The maximum Gasteiger partial charge on any atom is 0.348 e. The van der Waals surface area contributed by atoms with Crippen LogP contribution in [-0.4, -0.2) is 36.8 Å². The fraction of sp³-hybridized carbons (Fsp3) is 0.643. The van der Waals surface area contributed by atoms with Crippen LogP contribution in [0.4, 0.5) is 0 Å². The summed E-state index contributed by atoms with van der Waals surface area (Å²) in [6.07, 6.45) is 1.91. The lowest BCUT2D eigenvalue weighted by atomic mass is 9.98. The van der Waals surface area contributed by atoms with E-state index in [0.29, 0.717) is 23.6 Å². The van der Waals surface area contributed by atoms with Crippen LogP contribution in [0.2, 0.25) is 0 Å². The molecule has 1 rings (SSSR count). The zero-order valence-electron chi connectivity index (χ0n) is 13.0. The van der Waals surface area contributed by atoms with Gasteiger partial charge in [-0.3, -0.25) is 13.6 Å². The van der Waals surface area contributed by atoms with Gasteiger partial charge in [0.2, 0.25) is 0 Å². The van der Waals surface area contributed by atoms with E-state index < -0.39 is 22.7 Å². The molecule has 21 heavy (non-hydrogen) atoms. The van der Waals surface area contributed by atoms with E-state index >= 15 is 0 Å². The van der Waals surface area contributed by atoms with Gasteiger partial charge in [-0.15, -0.1) is 0 Å². The van der Waals surface area contributed by atoms with Gasteiger partial charge in [0.05, 0.1) is 5.92 Å². The van der Waals surface area contributed by atoms with Gasteiger partial charge in [-0.25, -0.2) is 4.79 Å². The topological polar surface area (TPSA) is 89.3 Å². The van der Waals surface area contributed by atoms with Crippen LogP contribution < -0.4 is 5.69 Å². The normalized spacial score (nSPS) is 15.5. The lowest BCUT2D eigenvalue weighted by Gasteiger charge is -2.21. The minimum absolute atomic E-state index is 0.240. The Morgan fingerprint density at radius 3 is 2.43 bits per heavy atom. The van der Waals surface area contributed by atoms with Crippen LogP contribution >= 0.6 is 0 Å². The van der Waals surface area contributed by atoms with Crippen LogP contribution in [0.5, 0.6) is 0 Å². The molecular weight excluding hydrogens is 292 g/mol. The molecule has 118 valence electrons. The fourth-order valence-corrected chi connectivity index (χ4v) is 3.27. The molecule has 0 aliphatic heterocycles. The van der Waals surface area contributed by atoms with Crippen molar-refractivity contribution in [2.24, 2.45) is 5.92 Å². The molecule has 0 spiro atoms. The molecule has 0 aliphatic carbocycles. The molecular formula is C14H22N2O4S. The number of carboxylic acids is 1. The van der Waals surface area contributed by atoms with Crippen molar-refractivity contribution in [3.05, 3.63) is 27.4 Å². The number of aliphatic carboxylic acids is 1. The van der Waals surface area contributed by atoms with E-state index in [-0.39, 0.29) is 11.7 Å². The molecule has 3 unspecified atom stereocenters. The third-order valence-electron chi connectivity index (χ3n) is 3.55. The van der Waals surface area contributed by atoms with Gasteiger partial charge in [0.25, 0.3) is 0 Å². The second-order valence-corrected chi connectivity index (χ2v) is 6.93. The Morgan fingerprint density at radius 1 is 1.38 bits per heavy atom. The summed E-state index contributed by atoms with van der Waals surface area (Å²) in [6.45, 7) is 6.94. The van der Waals surface area contributed by atoms with Crippen molar-refractivity contribution < 1.29 is 14.1 Å². The monoisotopic (exact) mass is 314 g/mol. The van der Waals surface area contributed by atoms with E-state index in [1.807, 2.05) is 6.92 Å². The van der Waals surface area contributed by atoms with Crippen LogP contribution in [0, 0.1) is 19.8 Å². The fourth-order valence-electron chi connectivity index (χ4n) is 2.44. The van der Waals surface area contributed by atoms with Crippen molar-refractivity contribution in [2.45, 2.75) is 40.2 Å². The lowest BCUT2D eigenvalue weighted by Crippen LogP contribution is -2.32. The van der Waals surface area contributed by atoms with Crippen molar-refractivity contribution in [3.63, 3.8) is 0 Å². The maximum atomic E-state index is 12.1. The van der Waals surface area contributed by atoms with Crippen LogP contribution in [0.15, 0.2) is 4.79 Å². The second-order valence-electron chi connectivity index (χ2n) is 5.45. The highest BCUT2D eigenvalue weighted by Gasteiger charge is 2.20. The molecule has 1 heterocycles. The van der Waals surface area contributed by atoms with Gasteiger partial charge in [0.1, 0.15) is 0 Å². The summed E-state index contributed by atoms with van der Waals surface area (Å²) in [5.41, 5.74) is 1.66. The van der Waals surface area contributed by atoms with E-state index in [9.17, 15) is 13.8 Å². The Kier molecular flexibility index (Phi) is 5.83. The smallest absolute Gasteiger partial charge is 0.348 e. The van der Waals surface area contributed by atoms with E-state index in [2.05, 4.69) is 4.98 Å². The van der Waals surface area contributed by atoms with Crippen molar-refractivity contribution in [3.8, 4) is 0 Å². The molecule has 7 heteroatoms. The Labute approximate surface area is 126 Å². The lowest BCUT2D eigenvalue weighted by molar-refractivity contribution is -0.141. The molecule has 3 atom stereocenters. The molecule has 1 aromatic heterocycles. The van der Waals surface area contributed by atoms with Gasteiger partial charge in [0.15, 0.2) is 0 Å². The minimum Gasteiger partial charge on any atom is -0.481 e. The van der Waals surface area contributed by atoms with Crippen molar-refractivity contribution in [1.82, 2.24) is 9.55 Å². The average molecular weight is 314 g/mol. The standard InChI is InChI=1S/C14H22N2O4S/c1-8(13(17)18)6-12-10(3)15-14(19)16(11(12)4)9(2)7-21(5)20/h8-9H,6-7H2,1-5H3,(H,17,18). The first-order chi connectivity index (χ1) is 9.65. The average Bonchev–Trinajstić information content (AvgIpc) is 2.32. The molecule has 0 radical (unpaired) electrons. The molecule has 6 nitrogen and oxygen atoms in total. The van der Waals surface area contributed by atoms with E-state index in [0.717, 1.165) is 5.56 Å². The molecule has 0 aromatic carbocycles. The summed E-state index contributed by atoms with van der Waals surface area (Å²) in [5, 5.41) is 9.05. The Hall–Kier alpha value is -1.50. The Balaban J connectivity index is 3.31. The Morgan fingerprint density at radius 2 is 1.95 bits per heavy atom. The van der Waals surface area contributed by atoms with Gasteiger partial charge >= 0.3 is 11.7 Å². The molecule has 0 bridgehead atoms. The highest BCUT2D eigenvalue weighted by Crippen LogP contribution is 2.18. The highest BCUT2D eigenvalue weighted by atomic mass is 32.2. The van der Waals surface area contributed by atoms with Crippen LogP contribution in [0.1, 0.15) is 36.8 Å². The summed E-state index contributed by atoms with van der Waals surface area (Å²) < 4.78 is 12.9. The molecule has 1 N–H and O–H groups in total. The third-order valence-corrected chi connectivity index (χ3v) is 4.50. The van der Waals surface area contributed by atoms with Gasteiger partial charge < -0.3 is 5.11 Å². The van der Waals surface area contributed by atoms with Crippen LogP contribution in [-0.2, 0) is 22.0 Å². The van der Waals surface area contributed by atoms with E-state index in [1.54, 1.807) is 27.0 Å².